The van der Waals surface area contributed by atoms with Crippen molar-refractivity contribution < 1.29 is 19.4 Å². The summed E-state index contributed by atoms with van der Waals surface area (Å²) < 4.78 is 5.70. The third kappa shape index (κ3) is 5.34. The number of pyridine rings is 1. The Balaban J connectivity index is 1.78. The summed E-state index contributed by atoms with van der Waals surface area (Å²) in [5.41, 5.74) is 1.67. The summed E-state index contributed by atoms with van der Waals surface area (Å²) in [6.45, 7) is 4.78. The van der Waals surface area contributed by atoms with Crippen molar-refractivity contribution >= 4 is 40.7 Å². The fourth-order valence-corrected chi connectivity index (χ4v) is 4.19. The minimum atomic E-state index is -0.859. The fourth-order valence-electron chi connectivity index (χ4n) is 3.89. The molecule has 1 atom stereocenters. The molecule has 1 fully saturated rings. The summed E-state index contributed by atoms with van der Waals surface area (Å²) in [6, 6.07) is 14.4. The Morgan fingerprint density at radius 2 is 1.83 bits per heavy atom. The monoisotopic (exact) mass is 510 g/mol. The van der Waals surface area contributed by atoms with E-state index in [-0.39, 0.29) is 22.9 Å². The maximum absolute atomic E-state index is 13.2. The van der Waals surface area contributed by atoms with Gasteiger partial charge in [0.25, 0.3) is 11.7 Å². The number of Topliss-reactive ketones (excluding diaryl/α,β-unsaturated/α-hetero) is 1. The van der Waals surface area contributed by atoms with Crippen molar-refractivity contribution in [3.05, 3.63) is 99.3 Å². The first-order valence-electron chi connectivity index (χ1n) is 11.1. The highest BCUT2D eigenvalue weighted by Crippen LogP contribution is 2.41. The van der Waals surface area contributed by atoms with E-state index in [1.807, 2.05) is 19.9 Å². The van der Waals surface area contributed by atoms with Gasteiger partial charge >= 0.3 is 0 Å². The molecule has 3 aromatic rings. The van der Waals surface area contributed by atoms with E-state index in [2.05, 4.69) is 4.98 Å². The minimum absolute atomic E-state index is 0.0203. The molecular weight excluding hydrogens is 487 g/mol. The SMILES string of the molecule is CC(C)COc1ccc(/C(O)=C2\C(=O)C(=O)N(Cc3cccnc3)C2c2ccc(Cl)c(Cl)c2)cc1. The van der Waals surface area contributed by atoms with Gasteiger partial charge in [-0.1, -0.05) is 49.2 Å². The van der Waals surface area contributed by atoms with E-state index in [1.54, 1.807) is 60.9 Å². The number of rotatable bonds is 7. The van der Waals surface area contributed by atoms with Crippen LogP contribution in [0.2, 0.25) is 10.0 Å². The van der Waals surface area contributed by atoms with Crippen LogP contribution in [0.4, 0.5) is 0 Å². The Morgan fingerprint density at radius 1 is 1.09 bits per heavy atom. The number of halogens is 2. The lowest BCUT2D eigenvalue weighted by Gasteiger charge is -2.25. The Kier molecular flexibility index (Phi) is 7.43. The van der Waals surface area contributed by atoms with Crippen molar-refractivity contribution in [3.8, 4) is 5.75 Å². The van der Waals surface area contributed by atoms with Crippen LogP contribution in [-0.4, -0.2) is 33.3 Å². The summed E-state index contributed by atoms with van der Waals surface area (Å²) >= 11 is 12.4. The third-order valence-corrected chi connectivity index (χ3v) is 6.33. The number of aliphatic hydroxyl groups is 1. The second-order valence-electron chi connectivity index (χ2n) is 8.69. The number of hydrogen-bond donors (Lipinski definition) is 1. The van der Waals surface area contributed by atoms with Crippen molar-refractivity contribution in [2.45, 2.75) is 26.4 Å². The molecule has 0 aliphatic carbocycles. The lowest BCUT2D eigenvalue weighted by atomic mass is 9.95. The number of aromatic nitrogens is 1. The molecule has 1 N–H and O–H groups in total. The van der Waals surface area contributed by atoms with Crippen LogP contribution in [0.3, 0.4) is 0 Å². The number of carbonyl (C=O) groups is 2. The van der Waals surface area contributed by atoms with Gasteiger partial charge in [-0.25, -0.2) is 0 Å². The van der Waals surface area contributed by atoms with Crippen molar-refractivity contribution in [1.82, 2.24) is 9.88 Å². The number of hydrogen-bond acceptors (Lipinski definition) is 5. The molecule has 0 radical (unpaired) electrons. The van der Waals surface area contributed by atoms with Gasteiger partial charge in [0.15, 0.2) is 0 Å². The average molecular weight is 511 g/mol. The molecule has 1 unspecified atom stereocenters. The molecule has 8 heteroatoms. The Bertz CT molecular complexity index is 1270. The second kappa shape index (κ2) is 10.5. The van der Waals surface area contributed by atoms with Crippen LogP contribution in [0.1, 0.15) is 36.6 Å². The van der Waals surface area contributed by atoms with Crippen LogP contribution in [0.25, 0.3) is 5.76 Å². The van der Waals surface area contributed by atoms with E-state index in [4.69, 9.17) is 27.9 Å². The molecule has 1 aromatic heterocycles. The van der Waals surface area contributed by atoms with Crippen LogP contribution in [0, 0.1) is 5.92 Å². The first-order chi connectivity index (χ1) is 16.8. The van der Waals surface area contributed by atoms with Gasteiger partial charge in [0.05, 0.1) is 28.3 Å². The summed E-state index contributed by atoms with van der Waals surface area (Å²) in [5.74, 6) is -0.757. The van der Waals surface area contributed by atoms with Gasteiger partial charge in [-0.15, -0.1) is 0 Å². The van der Waals surface area contributed by atoms with Crippen molar-refractivity contribution in [3.63, 3.8) is 0 Å². The predicted molar refractivity (Wildman–Crippen MR) is 135 cm³/mol. The maximum Gasteiger partial charge on any atom is 0.295 e. The molecule has 35 heavy (non-hydrogen) atoms. The topological polar surface area (TPSA) is 79.7 Å². The zero-order chi connectivity index (χ0) is 25.1. The summed E-state index contributed by atoms with van der Waals surface area (Å²) in [4.78, 5) is 31.8. The summed E-state index contributed by atoms with van der Waals surface area (Å²) in [5, 5.41) is 11.8. The van der Waals surface area contributed by atoms with E-state index in [1.165, 1.54) is 4.90 Å². The molecule has 6 nitrogen and oxygen atoms in total. The smallest absolute Gasteiger partial charge is 0.295 e. The molecule has 0 spiro atoms. The van der Waals surface area contributed by atoms with Gasteiger partial charge in [0, 0.05) is 24.5 Å². The van der Waals surface area contributed by atoms with Gasteiger partial charge in [0.2, 0.25) is 0 Å². The van der Waals surface area contributed by atoms with Gasteiger partial charge < -0.3 is 14.7 Å². The standard InChI is InChI=1S/C27H24Cl2N2O4/c1-16(2)15-35-20-8-5-18(6-9-20)25(32)23-24(19-7-10-21(28)22(29)12-19)31(27(34)26(23)33)14-17-4-3-11-30-13-17/h3-13,16,24,32H,14-15H2,1-2H3/b25-23+. The van der Waals surface area contributed by atoms with Gasteiger partial charge in [-0.05, 0) is 59.5 Å². The highest BCUT2D eigenvalue weighted by Gasteiger charge is 2.46. The summed E-state index contributed by atoms with van der Waals surface area (Å²) in [6.07, 6.45) is 3.25. The number of ketones is 1. The van der Waals surface area contributed by atoms with Crippen LogP contribution in [0.15, 0.2) is 72.6 Å². The zero-order valence-electron chi connectivity index (χ0n) is 19.2. The molecule has 180 valence electrons. The Morgan fingerprint density at radius 3 is 2.46 bits per heavy atom. The second-order valence-corrected chi connectivity index (χ2v) is 9.51. The molecular formula is C27H24Cl2N2O4. The number of amides is 1. The molecule has 1 aliphatic rings. The fraction of sp³-hybridized carbons (Fsp3) is 0.222. The lowest BCUT2D eigenvalue weighted by Crippen LogP contribution is -2.29. The van der Waals surface area contributed by atoms with Crippen molar-refractivity contribution in [2.75, 3.05) is 6.61 Å². The van der Waals surface area contributed by atoms with E-state index >= 15 is 0 Å². The molecule has 2 heterocycles. The van der Waals surface area contributed by atoms with E-state index in [0.29, 0.717) is 34.4 Å². The number of carbonyl (C=O) groups excluding carboxylic acids is 2. The maximum atomic E-state index is 13.2. The molecule has 1 aliphatic heterocycles. The Labute approximate surface area is 213 Å². The van der Waals surface area contributed by atoms with Crippen LogP contribution >= 0.6 is 23.2 Å². The van der Waals surface area contributed by atoms with Gasteiger partial charge in [-0.2, -0.15) is 0 Å². The van der Waals surface area contributed by atoms with Crippen LogP contribution < -0.4 is 4.74 Å². The van der Waals surface area contributed by atoms with E-state index < -0.39 is 17.7 Å². The van der Waals surface area contributed by atoms with Gasteiger partial charge in [0.1, 0.15) is 11.5 Å². The Hall–Kier alpha value is -3.35. The van der Waals surface area contributed by atoms with Crippen LogP contribution in [0.5, 0.6) is 5.75 Å². The number of ether oxygens (including phenoxy) is 1. The lowest BCUT2D eigenvalue weighted by molar-refractivity contribution is -0.140. The first-order valence-corrected chi connectivity index (χ1v) is 11.9. The first kappa shape index (κ1) is 24.8. The molecule has 2 aromatic carbocycles. The normalized spacial score (nSPS) is 17.3. The van der Waals surface area contributed by atoms with E-state index in [0.717, 1.165) is 5.56 Å². The highest BCUT2D eigenvalue weighted by atomic mass is 35.5. The van der Waals surface area contributed by atoms with E-state index in [9.17, 15) is 14.7 Å². The van der Waals surface area contributed by atoms with Crippen molar-refractivity contribution in [2.24, 2.45) is 5.92 Å². The molecule has 1 saturated heterocycles. The van der Waals surface area contributed by atoms with Crippen LogP contribution in [-0.2, 0) is 16.1 Å². The van der Waals surface area contributed by atoms with Crippen molar-refractivity contribution in [1.29, 1.82) is 0 Å². The molecule has 1 amide bonds. The number of aliphatic hydroxyl groups excluding tert-OH is 1. The number of nitrogens with zero attached hydrogens (tertiary/aromatic N) is 2. The quantitative estimate of drug-likeness (QED) is 0.238. The molecule has 0 bridgehead atoms. The molecule has 4 rings (SSSR count). The number of benzene rings is 2. The largest absolute Gasteiger partial charge is 0.507 e. The molecule has 0 saturated carbocycles. The third-order valence-electron chi connectivity index (χ3n) is 5.59. The summed E-state index contributed by atoms with van der Waals surface area (Å²) in [7, 11) is 0. The zero-order valence-corrected chi connectivity index (χ0v) is 20.8. The average Bonchev–Trinajstić information content (AvgIpc) is 3.10. The van der Waals surface area contributed by atoms with Gasteiger partial charge in [-0.3, -0.25) is 14.6 Å². The highest BCUT2D eigenvalue weighted by molar-refractivity contribution is 6.46. The predicted octanol–water partition coefficient (Wildman–Crippen LogP) is 6.05. The minimum Gasteiger partial charge on any atom is -0.507 e. The number of likely N-dealkylation sites (tertiary alicyclic amines) is 1.